The minimum Gasteiger partial charge on any atom is -0.350 e. The Hall–Kier alpha value is -2.21. The minimum absolute atomic E-state index is 0.185. The van der Waals surface area contributed by atoms with E-state index in [-0.39, 0.29) is 11.8 Å². The van der Waals surface area contributed by atoms with Gasteiger partial charge >= 0.3 is 0 Å². The molecule has 6 heteroatoms. The van der Waals surface area contributed by atoms with E-state index >= 15 is 0 Å². The second-order valence-corrected chi connectivity index (χ2v) is 7.17. The lowest BCUT2D eigenvalue weighted by molar-refractivity contribution is -0.127. The van der Waals surface area contributed by atoms with Crippen LogP contribution in [0.15, 0.2) is 24.4 Å². The van der Waals surface area contributed by atoms with Gasteiger partial charge in [-0.15, -0.1) is 0 Å². The van der Waals surface area contributed by atoms with Crippen LogP contribution in [0.3, 0.4) is 0 Å². The minimum atomic E-state index is 0.185. The first-order chi connectivity index (χ1) is 12.2. The van der Waals surface area contributed by atoms with Crippen LogP contribution in [0, 0.1) is 12.8 Å². The normalized spacial score (nSPS) is 17.8. The van der Waals surface area contributed by atoms with E-state index in [1.54, 1.807) is 0 Å². The SMILES string of the molecule is Cc1cccc(CN2CCn3cc(CNC(=O)C4CCC4)nc3C2)n1. The van der Waals surface area contributed by atoms with Gasteiger partial charge in [-0.05, 0) is 31.9 Å². The Labute approximate surface area is 148 Å². The van der Waals surface area contributed by atoms with Gasteiger partial charge in [-0.1, -0.05) is 12.5 Å². The Bertz CT molecular complexity index is 765. The van der Waals surface area contributed by atoms with Crippen molar-refractivity contribution in [1.82, 2.24) is 24.8 Å². The Kier molecular flexibility index (Phi) is 4.53. The molecule has 132 valence electrons. The summed E-state index contributed by atoms with van der Waals surface area (Å²) in [6.45, 7) is 6.16. The number of hydrogen-bond donors (Lipinski definition) is 1. The lowest BCUT2D eigenvalue weighted by atomic mass is 9.85. The lowest BCUT2D eigenvalue weighted by Crippen LogP contribution is -2.34. The Morgan fingerprint density at radius 2 is 2.12 bits per heavy atom. The molecule has 0 aromatic carbocycles. The van der Waals surface area contributed by atoms with E-state index in [1.165, 1.54) is 6.42 Å². The summed E-state index contributed by atoms with van der Waals surface area (Å²) in [5, 5.41) is 3.03. The number of aryl methyl sites for hydroxylation is 1. The van der Waals surface area contributed by atoms with E-state index in [9.17, 15) is 4.79 Å². The van der Waals surface area contributed by atoms with E-state index in [4.69, 9.17) is 4.98 Å². The second-order valence-electron chi connectivity index (χ2n) is 7.17. The summed E-state index contributed by atoms with van der Waals surface area (Å²) in [7, 11) is 0. The summed E-state index contributed by atoms with van der Waals surface area (Å²) < 4.78 is 2.21. The number of amides is 1. The molecule has 1 fully saturated rings. The van der Waals surface area contributed by atoms with Gasteiger partial charge < -0.3 is 9.88 Å². The van der Waals surface area contributed by atoms with Crippen molar-refractivity contribution in [2.24, 2.45) is 5.92 Å². The zero-order valence-corrected chi connectivity index (χ0v) is 14.7. The van der Waals surface area contributed by atoms with Crippen LogP contribution in [-0.4, -0.2) is 31.9 Å². The number of carbonyl (C=O) groups is 1. The van der Waals surface area contributed by atoms with E-state index in [2.05, 4.69) is 38.1 Å². The average molecular weight is 339 g/mol. The van der Waals surface area contributed by atoms with Crippen LogP contribution in [-0.2, 0) is 31.0 Å². The maximum absolute atomic E-state index is 12.0. The molecule has 3 heterocycles. The molecular formula is C19H25N5O. The maximum Gasteiger partial charge on any atom is 0.223 e. The predicted molar refractivity (Wildman–Crippen MR) is 94.5 cm³/mol. The zero-order valence-electron chi connectivity index (χ0n) is 14.7. The summed E-state index contributed by atoms with van der Waals surface area (Å²) >= 11 is 0. The first-order valence-electron chi connectivity index (χ1n) is 9.15. The van der Waals surface area contributed by atoms with Gasteiger partial charge in [0.1, 0.15) is 5.82 Å². The Morgan fingerprint density at radius 3 is 2.88 bits per heavy atom. The molecular weight excluding hydrogens is 314 g/mol. The third-order valence-corrected chi connectivity index (χ3v) is 5.18. The molecule has 25 heavy (non-hydrogen) atoms. The van der Waals surface area contributed by atoms with E-state index in [0.29, 0.717) is 6.54 Å². The van der Waals surface area contributed by atoms with Gasteiger partial charge in [0, 0.05) is 37.4 Å². The molecule has 0 bridgehead atoms. The first kappa shape index (κ1) is 16.3. The van der Waals surface area contributed by atoms with Crippen LogP contribution < -0.4 is 5.32 Å². The summed E-state index contributed by atoms with van der Waals surface area (Å²) in [6.07, 6.45) is 5.34. The number of aromatic nitrogens is 3. The van der Waals surface area contributed by atoms with E-state index < -0.39 is 0 Å². The number of nitrogens with zero attached hydrogens (tertiary/aromatic N) is 4. The fourth-order valence-electron chi connectivity index (χ4n) is 3.49. The summed E-state index contributed by atoms with van der Waals surface area (Å²) in [5.74, 6) is 1.49. The van der Waals surface area contributed by atoms with Gasteiger partial charge in [0.15, 0.2) is 0 Å². The molecule has 6 nitrogen and oxygen atoms in total. The molecule has 1 aliphatic heterocycles. The standard InChI is InChI=1S/C19H25N5O/c1-14-4-2-7-16(21-14)11-23-8-9-24-12-17(22-18(24)13-23)10-20-19(25)15-5-3-6-15/h2,4,7,12,15H,3,5-6,8-11,13H2,1H3,(H,20,25). The molecule has 1 N–H and O–H groups in total. The van der Waals surface area contributed by atoms with Gasteiger partial charge in [0.2, 0.25) is 5.91 Å². The highest BCUT2D eigenvalue weighted by Crippen LogP contribution is 2.26. The molecule has 1 amide bonds. The second kappa shape index (κ2) is 6.96. The van der Waals surface area contributed by atoms with E-state index in [1.807, 2.05) is 13.0 Å². The predicted octanol–water partition coefficient (Wildman–Crippen LogP) is 2.02. The zero-order chi connectivity index (χ0) is 17.2. The van der Waals surface area contributed by atoms with Crippen molar-refractivity contribution in [2.75, 3.05) is 6.54 Å². The van der Waals surface area contributed by atoms with Crippen molar-refractivity contribution in [3.05, 3.63) is 47.3 Å². The molecule has 0 unspecified atom stereocenters. The van der Waals surface area contributed by atoms with Crippen LogP contribution in [0.25, 0.3) is 0 Å². The van der Waals surface area contributed by atoms with Crippen LogP contribution in [0.2, 0.25) is 0 Å². The smallest absolute Gasteiger partial charge is 0.223 e. The largest absolute Gasteiger partial charge is 0.350 e. The molecule has 2 aliphatic rings. The quantitative estimate of drug-likeness (QED) is 0.905. The third kappa shape index (κ3) is 3.74. The summed E-state index contributed by atoms with van der Waals surface area (Å²) in [4.78, 5) is 23.7. The Morgan fingerprint density at radius 1 is 1.24 bits per heavy atom. The molecule has 1 aliphatic carbocycles. The van der Waals surface area contributed by atoms with Crippen molar-refractivity contribution in [3.8, 4) is 0 Å². The number of nitrogens with one attached hydrogen (secondary N) is 1. The molecule has 0 saturated heterocycles. The van der Waals surface area contributed by atoms with Crippen molar-refractivity contribution in [2.45, 2.75) is 52.4 Å². The average Bonchev–Trinajstić information content (AvgIpc) is 2.93. The van der Waals surface area contributed by atoms with Crippen LogP contribution in [0.4, 0.5) is 0 Å². The summed E-state index contributed by atoms with van der Waals surface area (Å²) in [6, 6.07) is 6.16. The fourth-order valence-corrected chi connectivity index (χ4v) is 3.49. The molecule has 2 aromatic rings. The van der Waals surface area contributed by atoms with Crippen LogP contribution >= 0.6 is 0 Å². The molecule has 4 rings (SSSR count). The first-order valence-corrected chi connectivity index (χ1v) is 9.15. The van der Waals surface area contributed by atoms with Gasteiger partial charge in [0.25, 0.3) is 0 Å². The number of pyridine rings is 1. The maximum atomic E-state index is 12.0. The number of rotatable bonds is 5. The fraction of sp³-hybridized carbons (Fsp3) is 0.526. The van der Waals surface area contributed by atoms with Crippen LogP contribution in [0.1, 0.15) is 42.2 Å². The topological polar surface area (TPSA) is 63.0 Å². The van der Waals surface area contributed by atoms with Crippen LogP contribution in [0.5, 0.6) is 0 Å². The van der Waals surface area contributed by atoms with Gasteiger partial charge in [-0.25, -0.2) is 4.98 Å². The highest BCUT2D eigenvalue weighted by atomic mass is 16.1. The highest BCUT2D eigenvalue weighted by molar-refractivity contribution is 5.79. The molecule has 0 atom stereocenters. The molecule has 0 radical (unpaired) electrons. The van der Waals surface area contributed by atoms with Gasteiger partial charge in [-0.3, -0.25) is 14.7 Å². The van der Waals surface area contributed by atoms with Crippen molar-refractivity contribution >= 4 is 5.91 Å². The highest BCUT2D eigenvalue weighted by Gasteiger charge is 2.25. The molecule has 2 aromatic heterocycles. The number of hydrogen-bond acceptors (Lipinski definition) is 4. The van der Waals surface area contributed by atoms with Gasteiger partial charge in [-0.2, -0.15) is 0 Å². The Balaban J connectivity index is 1.35. The monoisotopic (exact) mass is 339 g/mol. The van der Waals surface area contributed by atoms with Gasteiger partial charge in [0.05, 0.1) is 24.5 Å². The number of carbonyl (C=O) groups excluding carboxylic acids is 1. The van der Waals surface area contributed by atoms with E-state index in [0.717, 1.165) is 61.9 Å². The van der Waals surface area contributed by atoms with Crippen molar-refractivity contribution in [1.29, 1.82) is 0 Å². The lowest BCUT2D eigenvalue weighted by Gasteiger charge is -2.27. The van der Waals surface area contributed by atoms with Crippen molar-refractivity contribution in [3.63, 3.8) is 0 Å². The van der Waals surface area contributed by atoms with Crippen molar-refractivity contribution < 1.29 is 4.79 Å². The third-order valence-electron chi connectivity index (χ3n) is 5.18. The summed E-state index contributed by atoms with van der Waals surface area (Å²) in [5.41, 5.74) is 3.12. The number of fused-ring (bicyclic) bond motifs is 1. The molecule has 1 saturated carbocycles. The molecule has 0 spiro atoms. The number of imidazole rings is 1.